The van der Waals surface area contributed by atoms with Crippen molar-refractivity contribution < 1.29 is 102 Å². The molecule has 0 aromatic heterocycles. The number of likely N-dealkylation sites (N-methyl/N-ethyl adjacent to an activating group) is 1. The quantitative estimate of drug-likeness (QED) is 0.0357. The molecule has 4 saturated heterocycles. The highest BCUT2D eigenvalue weighted by Gasteiger charge is 2.52. The van der Waals surface area contributed by atoms with Crippen molar-refractivity contribution in [2.24, 2.45) is 0 Å². The number of thioether (sulfide) groups is 1. The molecule has 0 spiro atoms. The molecular formula is C55H74BrN3O21S4. The van der Waals surface area contributed by atoms with Crippen LogP contribution in [0, 0.1) is 30.6 Å². The molecule has 2 aliphatic carbocycles. The van der Waals surface area contributed by atoms with Gasteiger partial charge in [-0.05, 0) is 84.0 Å². The van der Waals surface area contributed by atoms with E-state index in [1.165, 1.54) is 64.9 Å². The Morgan fingerprint density at radius 3 is 2.27 bits per heavy atom. The molecule has 8 N–H and O–H groups in total. The summed E-state index contributed by atoms with van der Waals surface area (Å²) in [6.45, 7) is 9.35. The van der Waals surface area contributed by atoms with Gasteiger partial charge in [-0.1, -0.05) is 70.0 Å². The molecule has 4 aliphatic heterocycles. The van der Waals surface area contributed by atoms with E-state index >= 15 is 0 Å². The number of nitrogens with one attached hydrogen (secondary N) is 3. The maximum atomic E-state index is 14.4. The molecular weight excluding hydrogens is 1250 g/mol. The first-order valence-corrected chi connectivity index (χ1v) is 32.6. The van der Waals surface area contributed by atoms with Gasteiger partial charge in [0.25, 0.3) is 0 Å². The van der Waals surface area contributed by atoms with Crippen molar-refractivity contribution in [1.29, 1.82) is 0 Å². The number of methoxy groups -OCH3 is 5. The maximum Gasteiger partial charge on any atom is 0.411 e. The zero-order chi connectivity index (χ0) is 61.2. The molecule has 17 unspecified atom stereocenters. The summed E-state index contributed by atoms with van der Waals surface area (Å²) >= 11 is 4.36. The van der Waals surface area contributed by atoms with Crippen LogP contribution in [-0.2, 0) is 52.3 Å². The van der Waals surface area contributed by atoms with Gasteiger partial charge in [0.15, 0.2) is 41.8 Å². The number of alkyl carbamates (subject to hydrolysis) is 1. The number of amides is 1. The second kappa shape index (κ2) is 31.3. The van der Waals surface area contributed by atoms with Gasteiger partial charge >= 0.3 is 6.09 Å². The number of fused-ring (bicyclic) bond motifs is 2. The molecule has 6 aliphatic rings. The van der Waals surface area contributed by atoms with Gasteiger partial charge in [-0.15, -0.1) is 0 Å². The second-order valence-electron chi connectivity index (χ2n) is 20.1. The van der Waals surface area contributed by atoms with Gasteiger partial charge in [-0.3, -0.25) is 19.7 Å². The fourth-order valence-electron chi connectivity index (χ4n) is 10.5. The first kappa shape index (κ1) is 68.3. The topological polar surface area (TPSA) is 308 Å². The standard InChI is InChI=1S/C55H74BrN3O21S4/c1-12-57-30-24-73-35(22-34(30)68-6)78-48-43(63)40(26(3)75-53(48)77-33-17-15-13-14-16-19-55(67)23-32(61)41(58-54(66)72-10)38(33)29(55)18-20-82-84-81-11)59-80-36-21-31(60)50(28(5)74-36)83-51(65)37-25(2)39(56)46(49(71-9)45(37)69-7)79-52-44(64)47(70-8)42(62)27(4)76-52/h13-14,18,26-28,30-31,33-36,40,42-44,47-48,50,52-53,57,59-60,62-64,67H,12,20-24H2,1-11H3,(H,58,66)/b14-13-,29-18?/t26?,27?,28?,30?,31?,33-,34?,35?,36?,40?,42?,43?,44?,47?,48?,50?,52?,53?,55-/m0/s1. The van der Waals surface area contributed by atoms with E-state index in [9.17, 15) is 39.9 Å². The van der Waals surface area contributed by atoms with E-state index in [-0.39, 0.29) is 75.7 Å². The minimum absolute atomic E-state index is 0.00142. The largest absolute Gasteiger partial charge is 0.492 e. The second-order valence-corrected chi connectivity index (χ2v) is 26.4. The summed E-state index contributed by atoms with van der Waals surface area (Å²) in [5.41, 5.74) is 1.18. The lowest BCUT2D eigenvalue weighted by Crippen LogP contribution is -2.65. The zero-order valence-corrected chi connectivity index (χ0v) is 53.0. The first-order valence-electron chi connectivity index (χ1n) is 26.9. The number of hydrogen-bond acceptors (Lipinski definition) is 27. The Hall–Kier alpha value is -3.19. The van der Waals surface area contributed by atoms with E-state index in [0.717, 1.165) is 18.9 Å². The number of ether oxygens (including phenoxy) is 12. The summed E-state index contributed by atoms with van der Waals surface area (Å²) in [7, 11) is 11.2. The Kier molecular flexibility index (Phi) is 25.5. The van der Waals surface area contributed by atoms with Crippen LogP contribution in [0.2, 0.25) is 0 Å². The van der Waals surface area contributed by atoms with Gasteiger partial charge in [-0.25, -0.2) is 4.79 Å². The Balaban J connectivity index is 1.12. The monoisotopic (exact) mass is 1320 g/mol. The van der Waals surface area contributed by atoms with Gasteiger partial charge in [0.05, 0.1) is 97.9 Å². The molecule has 466 valence electrons. The van der Waals surface area contributed by atoms with Gasteiger partial charge in [0.1, 0.15) is 36.6 Å². The lowest BCUT2D eigenvalue weighted by Gasteiger charge is -2.46. The molecule has 1 aromatic carbocycles. The van der Waals surface area contributed by atoms with Crippen LogP contribution >= 0.6 is 59.1 Å². The van der Waals surface area contributed by atoms with Crippen molar-refractivity contribution in [2.45, 2.75) is 169 Å². The Bertz CT molecular complexity index is 2710. The highest BCUT2D eigenvalue weighted by molar-refractivity contribution is 9.10. The highest BCUT2D eigenvalue weighted by Crippen LogP contribution is 2.51. The lowest BCUT2D eigenvalue weighted by atomic mass is 9.75. The maximum absolute atomic E-state index is 14.4. The Morgan fingerprint density at radius 2 is 1.61 bits per heavy atom. The van der Waals surface area contributed by atoms with Crippen LogP contribution in [0.1, 0.15) is 62.9 Å². The van der Waals surface area contributed by atoms with Crippen molar-refractivity contribution in [3.63, 3.8) is 0 Å². The third kappa shape index (κ3) is 15.6. The molecule has 24 nitrogen and oxygen atoms in total. The summed E-state index contributed by atoms with van der Waals surface area (Å²) in [6.07, 6.45) is -12.0. The smallest absolute Gasteiger partial charge is 0.411 e. The average Bonchev–Trinajstić information content (AvgIpc) is 1.36. The fraction of sp³-hybridized carbons (Fsp3) is 0.655. The molecule has 4 fully saturated rings. The van der Waals surface area contributed by atoms with E-state index in [0.29, 0.717) is 17.9 Å². The molecule has 1 amide bonds. The molecule has 19 atom stereocenters. The zero-order valence-electron chi connectivity index (χ0n) is 48.1. The average molecular weight is 1320 g/mol. The number of hydroxylamine groups is 1. The highest BCUT2D eigenvalue weighted by atomic mass is 79.9. The minimum atomic E-state index is -2.06. The van der Waals surface area contributed by atoms with Crippen LogP contribution in [0.3, 0.4) is 0 Å². The number of Topliss-reactive ketones (excluding diaryl/α,β-unsaturated/α-hetero) is 1. The molecule has 2 bridgehead atoms. The SMILES string of the molecule is CCNC1COC(OC2C(O[C@H]3C#C/C=C\C#C[C@]4(O)CC(=O)C(NC(=O)OC)=C3C4=CCSSSC)OC(C)C(NOC3CC(O)C(SC(=O)c4c(C)c(Br)c(OC5OC(C)C(O)C(OC)C5O)c(OC)c4OC)C(C)O3)C2O)CC1OC. The van der Waals surface area contributed by atoms with Gasteiger partial charge < -0.3 is 87.7 Å². The van der Waals surface area contributed by atoms with Crippen LogP contribution in [0.25, 0.3) is 0 Å². The summed E-state index contributed by atoms with van der Waals surface area (Å²) in [4.78, 5) is 47.5. The van der Waals surface area contributed by atoms with Crippen molar-refractivity contribution in [3.8, 4) is 40.9 Å². The minimum Gasteiger partial charge on any atom is -0.492 e. The van der Waals surface area contributed by atoms with E-state index < -0.39 is 127 Å². The Morgan fingerprint density at radius 1 is 0.881 bits per heavy atom. The summed E-state index contributed by atoms with van der Waals surface area (Å²) in [6, 6.07) is -1.27. The number of ketones is 1. The van der Waals surface area contributed by atoms with Crippen LogP contribution in [-0.4, -0.2) is 218 Å². The van der Waals surface area contributed by atoms with Gasteiger partial charge in [0, 0.05) is 44.0 Å². The van der Waals surface area contributed by atoms with Crippen LogP contribution in [0.15, 0.2) is 39.5 Å². The fourth-order valence-corrected chi connectivity index (χ4v) is 14.5. The molecule has 29 heteroatoms. The van der Waals surface area contributed by atoms with Crippen molar-refractivity contribution in [3.05, 3.63) is 50.7 Å². The normalized spacial score (nSPS) is 35.9. The summed E-state index contributed by atoms with van der Waals surface area (Å²) < 4.78 is 72.2. The molecule has 4 heterocycles. The van der Waals surface area contributed by atoms with E-state index in [1.807, 2.05) is 13.2 Å². The van der Waals surface area contributed by atoms with Crippen molar-refractivity contribution in [1.82, 2.24) is 16.1 Å². The van der Waals surface area contributed by atoms with E-state index in [4.69, 9.17) is 61.7 Å². The number of rotatable bonds is 22. The first-order chi connectivity index (χ1) is 40.2. The Labute approximate surface area is 512 Å². The van der Waals surface area contributed by atoms with Crippen molar-refractivity contribution >= 4 is 76.1 Å². The van der Waals surface area contributed by atoms with Crippen LogP contribution in [0.5, 0.6) is 17.2 Å². The van der Waals surface area contributed by atoms with Gasteiger partial charge in [0.2, 0.25) is 17.2 Å². The molecule has 1 aromatic rings. The number of allylic oxidation sites excluding steroid dienone is 3. The molecule has 0 saturated carbocycles. The number of aliphatic hydroxyl groups is 5. The van der Waals surface area contributed by atoms with Gasteiger partial charge in [-0.2, -0.15) is 5.48 Å². The molecule has 84 heavy (non-hydrogen) atoms. The number of aliphatic hydroxyl groups excluding tert-OH is 4. The molecule has 0 radical (unpaired) electrons. The van der Waals surface area contributed by atoms with E-state index in [1.54, 1.807) is 40.9 Å². The van der Waals surface area contributed by atoms with Crippen LogP contribution < -0.4 is 30.3 Å². The third-order valence-corrected chi connectivity index (χ3v) is 20.8. The number of halogens is 1. The number of carbonyl (C=O) groups excluding carboxylic acids is 3. The predicted octanol–water partition coefficient (Wildman–Crippen LogP) is 3.35. The van der Waals surface area contributed by atoms with Crippen LogP contribution in [0.4, 0.5) is 4.79 Å². The molecule has 7 rings (SSSR count). The predicted molar refractivity (Wildman–Crippen MR) is 315 cm³/mol. The van der Waals surface area contributed by atoms with E-state index in [2.05, 4.69) is 55.7 Å². The lowest BCUT2D eigenvalue weighted by molar-refractivity contribution is -0.336. The number of hydrogen-bond donors (Lipinski definition) is 8. The number of carbonyl (C=O) groups is 3. The number of benzene rings is 1. The third-order valence-electron chi connectivity index (χ3n) is 14.8. The summed E-state index contributed by atoms with van der Waals surface area (Å²) in [5, 5.41) is 62.6. The summed E-state index contributed by atoms with van der Waals surface area (Å²) in [5.74, 6) is 11.2. The van der Waals surface area contributed by atoms with Crippen molar-refractivity contribution in [2.75, 3.05) is 60.7 Å².